The summed E-state index contributed by atoms with van der Waals surface area (Å²) in [5, 5.41) is 3.40. The van der Waals surface area contributed by atoms with Crippen LogP contribution in [0.5, 0.6) is 11.5 Å². The summed E-state index contributed by atoms with van der Waals surface area (Å²) in [6.45, 7) is 4.58. The summed E-state index contributed by atoms with van der Waals surface area (Å²) >= 11 is 0. The number of nitrogens with one attached hydrogen (secondary N) is 1. The number of nitrogens with zero attached hydrogens (tertiary/aromatic N) is 1. The van der Waals surface area contributed by atoms with E-state index in [2.05, 4.69) is 28.4 Å². The highest BCUT2D eigenvalue weighted by Crippen LogP contribution is 2.42. The van der Waals surface area contributed by atoms with Crippen molar-refractivity contribution >= 4 is 0 Å². The van der Waals surface area contributed by atoms with E-state index in [0.717, 1.165) is 56.3 Å². The summed E-state index contributed by atoms with van der Waals surface area (Å²) in [7, 11) is 0. The molecule has 4 nitrogen and oxygen atoms in total. The molecule has 3 heterocycles. The number of piperidine rings is 2. The first kappa shape index (κ1) is 16.9. The summed E-state index contributed by atoms with van der Waals surface area (Å²) < 4.78 is 12.8. The Morgan fingerprint density at radius 2 is 1.85 bits per heavy atom. The minimum atomic E-state index is 0.0880. The van der Waals surface area contributed by atoms with Gasteiger partial charge in [0.2, 0.25) is 0 Å². The average molecular weight is 357 g/mol. The largest absolute Gasteiger partial charge is 0.490 e. The van der Waals surface area contributed by atoms with Crippen molar-refractivity contribution in [3.63, 3.8) is 0 Å². The number of rotatable bonds is 3. The second-order valence-corrected chi connectivity index (χ2v) is 8.74. The molecule has 0 unspecified atom stereocenters. The van der Waals surface area contributed by atoms with Crippen LogP contribution in [-0.4, -0.2) is 48.8 Å². The van der Waals surface area contributed by atoms with Crippen molar-refractivity contribution in [2.24, 2.45) is 0 Å². The third-order valence-corrected chi connectivity index (χ3v) is 7.10. The molecule has 1 aliphatic carbocycles. The number of ether oxygens (including phenoxy) is 2. The van der Waals surface area contributed by atoms with E-state index in [4.69, 9.17) is 9.47 Å². The molecule has 0 radical (unpaired) electrons. The molecule has 4 heteroatoms. The highest BCUT2D eigenvalue weighted by molar-refractivity contribution is 5.42. The molecule has 1 saturated carbocycles. The van der Waals surface area contributed by atoms with Crippen molar-refractivity contribution in [2.45, 2.75) is 75.5 Å². The van der Waals surface area contributed by atoms with Gasteiger partial charge in [-0.05, 0) is 88.2 Å². The lowest BCUT2D eigenvalue weighted by Crippen LogP contribution is -2.53. The number of aryl methyl sites for hydroxylation is 1. The number of benzene rings is 1. The molecule has 0 aromatic heterocycles. The Kier molecular flexibility index (Phi) is 4.57. The van der Waals surface area contributed by atoms with Crippen LogP contribution in [0, 0.1) is 0 Å². The van der Waals surface area contributed by atoms with Gasteiger partial charge in [-0.2, -0.15) is 0 Å². The topological polar surface area (TPSA) is 33.7 Å². The fraction of sp³-hybridized carbons (Fsp3) is 0.727. The van der Waals surface area contributed by atoms with Crippen LogP contribution in [0.15, 0.2) is 18.2 Å². The number of hydrogen-bond acceptors (Lipinski definition) is 4. The van der Waals surface area contributed by atoms with E-state index in [1.165, 1.54) is 50.8 Å². The number of hydrogen-bond donors (Lipinski definition) is 1. The molecule has 1 aromatic carbocycles. The van der Waals surface area contributed by atoms with Crippen LogP contribution in [-0.2, 0) is 6.42 Å². The summed E-state index contributed by atoms with van der Waals surface area (Å²) in [6, 6.07) is 7.38. The van der Waals surface area contributed by atoms with Gasteiger partial charge in [0, 0.05) is 19.1 Å². The molecule has 142 valence electrons. The Balaban J connectivity index is 1.22. The Morgan fingerprint density at radius 1 is 1.04 bits per heavy atom. The maximum Gasteiger partial charge on any atom is 0.123 e. The molecule has 0 atom stereocenters. The Hall–Kier alpha value is -1.26. The van der Waals surface area contributed by atoms with Crippen LogP contribution >= 0.6 is 0 Å². The molecule has 4 aliphatic rings. The molecule has 26 heavy (non-hydrogen) atoms. The lowest BCUT2D eigenvalue weighted by Gasteiger charge is -2.48. The first-order valence-corrected chi connectivity index (χ1v) is 10.7. The smallest absolute Gasteiger partial charge is 0.123 e. The lowest BCUT2D eigenvalue weighted by atomic mass is 9.81. The third kappa shape index (κ3) is 3.34. The number of fused-ring (bicyclic) bond motifs is 1. The minimum Gasteiger partial charge on any atom is -0.490 e. The molecule has 2 saturated heterocycles. The molecular weight excluding hydrogens is 324 g/mol. The van der Waals surface area contributed by atoms with Crippen molar-refractivity contribution in [2.75, 3.05) is 26.2 Å². The van der Waals surface area contributed by atoms with Gasteiger partial charge in [0.15, 0.2) is 0 Å². The van der Waals surface area contributed by atoms with E-state index in [1.54, 1.807) is 0 Å². The second kappa shape index (κ2) is 7.05. The molecule has 3 aliphatic heterocycles. The SMILES string of the molecule is c1cc2c(cc1OC1CCNCC1)CCC1(CCN(C3CCC3)CC1)O2. The van der Waals surface area contributed by atoms with Crippen LogP contribution in [0.1, 0.15) is 56.9 Å². The van der Waals surface area contributed by atoms with Gasteiger partial charge < -0.3 is 19.7 Å². The van der Waals surface area contributed by atoms with Crippen molar-refractivity contribution < 1.29 is 9.47 Å². The van der Waals surface area contributed by atoms with Crippen LogP contribution in [0.4, 0.5) is 0 Å². The molecule has 1 aromatic rings. The summed E-state index contributed by atoms with van der Waals surface area (Å²) in [4.78, 5) is 2.71. The van der Waals surface area contributed by atoms with E-state index in [-0.39, 0.29) is 5.60 Å². The summed E-state index contributed by atoms with van der Waals surface area (Å²) in [5.74, 6) is 2.13. The molecule has 3 fully saturated rings. The fourth-order valence-corrected chi connectivity index (χ4v) is 5.08. The van der Waals surface area contributed by atoms with Gasteiger partial charge in [-0.1, -0.05) is 6.42 Å². The first-order chi connectivity index (χ1) is 12.8. The van der Waals surface area contributed by atoms with Crippen molar-refractivity contribution in [3.8, 4) is 11.5 Å². The maximum atomic E-state index is 6.59. The van der Waals surface area contributed by atoms with Crippen molar-refractivity contribution in [1.29, 1.82) is 0 Å². The van der Waals surface area contributed by atoms with E-state index in [9.17, 15) is 0 Å². The van der Waals surface area contributed by atoms with E-state index in [0.29, 0.717) is 6.10 Å². The highest BCUT2D eigenvalue weighted by atomic mass is 16.5. The Morgan fingerprint density at radius 3 is 2.58 bits per heavy atom. The Labute approximate surface area is 157 Å². The molecule has 1 spiro atoms. The molecule has 1 N–H and O–H groups in total. The van der Waals surface area contributed by atoms with Gasteiger partial charge in [-0.3, -0.25) is 0 Å². The van der Waals surface area contributed by atoms with Crippen molar-refractivity contribution in [1.82, 2.24) is 10.2 Å². The van der Waals surface area contributed by atoms with Crippen LogP contribution < -0.4 is 14.8 Å². The zero-order valence-corrected chi connectivity index (χ0v) is 15.8. The van der Waals surface area contributed by atoms with Crippen LogP contribution in [0.2, 0.25) is 0 Å². The molecule has 0 bridgehead atoms. The van der Waals surface area contributed by atoms with Crippen LogP contribution in [0.25, 0.3) is 0 Å². The molecule has 0 amide bonds. The van der Waals surface area contributed by atoms with Gasteiger partial charge in [0.1, 0.15) is 23.2 Å². The molecular formula is C22H32N2O2. The molecule has 5 rings (SSSR count). The van der Waals surface area contributed by atoms with E-state index >= 15 is 0 Å². The van der Waals surface area contributed by atoms with Crippen molar-refractivity contribution in [3.05, 3.63) is 23.8 Å². The Bertz CT molecular complexity index is 629. The third-order valence-electron chi connectivity index (χ3n) is 7.10. The standard InChI is InChI=1S/C22H32N2O2/c1-2-18(3-1)24-14-10-22(11-15-24)9-6-17-16-20(4-5-21(17)26-22)25-19-7-12-23-13-8-19/h4-5,16,18-19,23H,1-3,6-15H2. The second-order valence-electron chi connectivity index (χ2n) is 8.74. The normalized spacial score (nSPS) is 26.8. The van der Waals surface area contributed by atoms with Gasteiger partial charge >= 0.3 is 0 Å². The lowest BCUT2D eigenvalue weighted by molar-refractivity contribution is -0.0337. The van der Waals surface area contributed by atoms with E-state index in [1.807, 2.05) is 0 Å². The highest BCUT2D eigenvalue weighted by Gasteiger charge is 2.41. The monoisotopic (exact) mass is 356 g/mol. The summed E-state index contributed by atoms with van der Waals surface area (Å²) in [6.07, 6.45) is 11.5. The maximum absolute atomic E-state index is 6.59. The van der Waals surface area contributed by atoms with Gasteiger partial charge in [0.05, 0.1) is 0 Å². The predicted molar refractivity (Wildman–Crippen MR) is 103 cm³/mol. The zero-order chi connectivity index (χ0) is 17.4. The van der Waals surface area contributed by atoms with Crippen LogP contribution in [0.3, 0.4) is 0 Å². The van der Waals surface area contributed by atoms with Gasteiger partial charge in [-0.15, -0.1) is 0 Å². The average Bonchev–Trinajstić information content (AvgIpc) is 2.63. The zero-order valence-electron chi connectivity index (χ0n) is 15.8. The van der Waals surface area contributed by atoms with Gasteiger partial charge in [0.25, 0.3) is 0 Å². The summed E-state index contributed by atoms with van der Waals surface area (Å²) in [5.41, 5.74) is 1.42. The first-order valence-electron chi connectivity index (χ1n) is 10.7. The van der Waals surface area contributed by atoms with Gasteiger partial charge in [-0.25, -0.2) is 0 Å². The minimum absolute atomic E-state index is 0.0880. The predicted octanol–water partition coefficient (Wildman–Crippen LogP) is 3.53. The number of likely N-dealkylation sites (tertiary alicyclic amines) is 1. The fourth-order valence-electron chi connectivity index (χ4n) is 5.08. The quantitative estimate of drug-likeness (QED) is 0.898. The van der Waals surface area contributed by atoms with E-state index < -0.39 is 0 Å².